The van der Waals surface area contributed by atoms with Gasteiger partial charge in [-0.1, -0.05) is 54.6 Å². The Morgan fingerprint density at radius 2 is 1.85 bits per heavy atom. The molecule has 20 heavy (non-hydrogen) atoms. The summed E-state index contributed by atoms with van der Waals surface area (Å²) >= 11 is 0. The van der Waals surface area contributed by atoms with E-state index < -0.39 is 0 Å². The minimum Gasteiger partial charge on any atom is -0.309 e. The molecule has 0 bridgehead atoms. The fourth-order valence-electron chi connectivity index (χ4n) is 2.83. The van der Waals surface area contributed by atoms with E-state index in [4.69, 9.17) is 5.41 Å². The lowest BCUT2D eigenvalue weighted by Crippen LogP contribution is -2.13. The molecule has 1 nitrogen and oxygen atoms in total. The molecule has 0 aliphatic heterocycles. The Bertz CT molecular complexity index is 460. The van der Waals surface area contributed by atoms with E-state index in [0.717, 1.165) is 18.1 Å². The van der Waals surface area contributed by atoms with Crippen LogP contribution < -0.4 is 0 Å². The fourth-order valence-corrected chi connectivity index (χ4v) is 2.83. The number of allylic oxidation sites excluding steroid dienone is 3. The van der Waals surface area contributed by atoms with E-state index >= 15 is 0 Å². The summed E-state index contributed by atoms with van der Waals surface area (Å²) in [6.07, 6.45) is 15.1. The zero-order chi connectivity index (χ0) is 14.2. The molecule has 1 aromatic carbocycles. The second kappa shape index (κ2) is 7.84. The Morgan fingerprint density at radius 3 is 2.45 bits per heavy atom. The number of rotatable bonds is 5. The molecule has 0 spiro atoms. The number of nitrogens with one attached hydrogen (secondary N) is 1. The second-order valence-corrected chi connectivity index (χ2v) is 5.79. The van der Waals surface area contributed by atoms with Crippen molar-refractivity contribution in [2.45, 2.75) is 39.0 Å². The SMILES string of the molecule is CC(=N)C(C=Cc1ccccc1)CC1CCC=CCC1. The molecular formula is C19H25N. The third kappa shape index (κ3) is 4.80. The molecule has 0 heterocycles. The Balaban J connectivity index is 1.96. The summed E-state index contributed by atoms with van der Waals surface area (Å²) in [4.78, 5) is 0. The van der Waals surface area contributed by atoms with Crippen LogP contribution in [0.5, 0.6) is 0 Å². The molecule has 1 aliphatic rings. The number of hydrogen-bond donors (Lipinski definition) is 1. The minimum atomic E-state index is 0.290. The van der Waals surface area contributed by atoms with E-state index in [0.29, 0.717) is 5.92 Å². The molecule has 1 aliphatic carbocycles. The standard InChI is InChI=1S/C19H25N/c1-16(20)19(14-13-17-9-7-4-8-10-17)15-18-11-5-2-3-6-12-18/h2-4,7-10,13-14,18-20H,5-6,11-12,15H2,1H3. The van der Waals surface area contributed by atoms with Crippen LogP contribution in [0.1, 0.15) is 44.6 Å². The first-order valence-corrected chi connectivity index (χ1v) is 7.69. The van der Waals surface area contributed by atoms with Gasteiger partial charge in [-0.3, -0.25) is 0 Å². The summed E-state index contributed by atoms with van der Waals surface area (Å²) < 4.78 is 0. The molecule has 1 aromatic rings. The molecule has 0 fully saturated rings. The lowest BCUT2D eigenvalue weighted by atomic mass is 9.86. The van der Waals surface area contributed by atoms with Crippen LogP contribution in [0, 0.1) is 17.2 Å². The third-order valence-electron chi connectivity index (χ3n) is 4.11. The molecule has 0 saturated heterocycles. The summed E-state index contributed by atoms with van der Waals surface area (Å²) in [5.74, 6) is 1.05. The second-order valence-electron chi connectivity index (χ2n) is 5.79. The van der Waals surface area contributed by atoms with Crippen molar-refractivity contribution in [2.24, 2.45) is 11.8 Å². The van der Waals surface area contributed by atoms with Gasteiger partial charge in [-0.05, 0) is 50.5 Å². The Kier molecular flexibility index (Phi) is 5.79. The maximum Gasteiger partial charge on any atom is 0.0148 e. The van der Waals surface area contributed by atoms with Gasteiger partial charge in [0.2, 0.25) is 0 Å². The zero-order valence-electron chi connectivity index (χ0n) is 12.4. The highest BCUT2D eigenvalue weighted by atomic mass is 14.4. The highest BCUT2D eigenvalue weighted by Gasteiger charge is 2.16. The van der Waals surface area contributed by atoms with E-state index in [-0.39, 0.29) is 0 Å². The molecule has 106 valence electrons. The molecule has 1 N–H and O–H groups in total. The van der Waals surface area contributed by atoms with Crippen molar-refractivity contribution in [3.05, 3.63) is 54.1 Å². The topological polar surface area (TPSA) is 23.9 Å². The van der Waals surface area contributed by atoms with E-state index in [1.165, 1.54) is 31.2 Å². The van der Waals surface area contributed by atoms with Crippen LogP contribution in [0.15, 0.2) is 48.6 Å². The maximum absolute atomic E-state index is 8.02. The summed E-state index contributed by atoms with van der Waals surface area (Å²) in [5.41, 5.74) is 2.01. The number of hydrogen-bond acceptors (Lipinski definition) is 1. The molecule has 0 saturated carbocycles. The van der Waals surface area contributed by atoms with Gasteiger partial charge >= 0.3 is 0 Å². The van der Waals surface area contributed by atoms with Crippen LogP contribution in [0.4, 0.5) is 0 Å². The van der Waals surface area contributed by atoms with Crippen LogP contribution in [-0.2, 0) is 0 Å². The van der Waals surface area contributed by atoms with Crippen molar-refractivity contribution < 1.29 is 0 Å². The lowest BCUT2D eigenvalue weighted by molar-refractivity contribution is 0.414. The lowest BCUT2D eigenvalue weighted by Gasteiger charge is -2.19. The molecule has 1 unspecified atom stereocenters. The fraction of sp³-hybridized carbons (Fsp3) is 0.421. The third-order valence-corrected chi connectivity index (χ3v) is 4.11. The Hall–Kier alpha value is -1.63. The van der Waals surface area contributed by atoms with Crippen LogP contribution >= 0.6 is 0 Å². The van der Waals surface area contributed by atoms with E-state index in [2.05, 4.69) is 48.6 Å². The number of benzene rings is 1. The van der Waals surface area contributed by atoms with Gasteiger partial charge in [-0.25, -0.2) is 0 Å². The van der Waals surface area contributed by atoms with Gasteiger partial charge in [-0.15, -0.1) is 0 Å². The highest BCUT2D eigenvalue weighted by molar-refractivity contribution is 5.83. The predicted octanol–water partition coefficient (Wildman–Crippen LogP) is 5.49. The molecule has 0 amide bonds. The van der Waals surface area contributed by atoms with Gasteiger partial charge in [0.15, 0.2) is 0 Å². The summed E-state index contributed by atoms with van der Waals surface area (Å²) in [7, 11) is 0. The predicted molar refractivity (Wildman–Crippen MR) is 88.1 cm³/mol. The maximum atomic E-state index is 8.02. The molecule has 0 aromatic heterocycles. The van der Waals surface area contributed by atoms with Gasteiger partial charge in [0, 0.05) is 11.6 Å². The first-order valence-electron chi connectivity index (χ1n) is 7.69. The van der Waals surface area contributed by atoms with Gasteiger partial charge in [-0.2, -0.15) is 0 Å². The Labute approximate surface area is 122 Å². The van der Waals surface area contributed by atoms with Gasteiger partial charge in [0.05, 0.1) is 0 Å². The molecule has 2 rings (SSSR count). The van der Waals surface area contributed by atoms with Crippen LogP contribution in [0.3, 0.4) is 0 Å². The van der Waals surface area contributed by atoms with E-state index in [1.54, 1.807) is 0 Å². The van der Waals surface area contributed by atoms with Crippen LogP contribution in [0.2, 0.25) is 0 Å². The van der Waals surface area contributed by atoms with Crippen molar-refractivity contribution in [1.82, 2.24) is 0 Å². The van der Waals surface area contributed by atoms with Crippen molar-refractivity contribution in [1.29, 1.82) is 5.41 Å². The molecule has 1 atom stereocenters. The molecule has 0 radical (unpaired) electrons. The smallest absolute Gasteiger partial charge is 0.0148 e. The normalized spacial score (nSPS) is 18.1. The van der Waals surface area contributed by atoms with Crippen molar-refractivity contribution >= 4 is 11.8 Å². The van der Waals surface area contributed by atoms with Gasteiger partial charge in [0.1, 0.15) is 0 Å². The molecular weight excluding hydrogens is 242 g/mol. The summed E-state index contributed by atoms with van der Waals surface area (Å²) in [6, 6.07) is 10.4. The Morgan fingerprint density at radius 1 is 1.20 bits per heavy atom. The first kappa shape index (κ1) is 14.8. The van der Waals surface area contributed by atoms with Gasteiger partial charge in [0.25, 0.3) is 0 Å². The van der Waals surface area contributed by atoms with Crippen molar-refractivity contribution in [3.8, 4) is 0 Å². The first-order chi connectivity index (χ1) is 9.75. The van der Waals surface area contributed by atoms with E-state index in [1.807, 2.05) is 13.0 Å². The molecule has 1 heteroatoms. The monoisotopic (exact) mass is 267 g/mol. The van der Waals surface area contributed by atoms with Crippen LogP contribution in [-0.4, -0.2) is 5.71 Å². The van der Waals surface area contributed by atoms with Gasteiger partial charge < -0.3 is 5.41 Å². The average Bonchev–Trinajstić information content (AvgIpc) is 2.73. The summed E-state index contributed by atoms with van der Waals surface area (Å²) in [5, 5.41) is 8.02. The van der Waals surface area contributed by atoms with E-state index in [9.17, 15) is 0 Å². The summed E-state index contributed by atoms with van der Waals surface area (Å²) in [6.45, 7) is 1.94. The quantitative estimate of drug-likeness (QED) is 0.538. The average molecular weight is 267 g/mol. The minimum absolute atomic E-state index is 0.290. The largest absolute Gasteiger partial charge is 0.309 e. The van der Waals surface area contributed by atoms with Crippen LogP contribution in [0.25, 0.3) is 6.08 Å². The zero-order valence-corrected chi connectivity index (χ0v) is 12.4. The highest BCUT2D eigenvalue weighted by Crippen LogP contribution is 2.27. The van der Waals surface area contributed by atoms with Crippen molar-refractivity contribution in [2.75, 3.05) is 0 Å². The van der Waals surface area contributed by atoms with Crippen molar-refractivity contribution in [3.63, 3.8) is 0 Å².